The molecule has 4 aromatic rings. The van der Waals surface area contributed by atoms with Crippen molar-refractivity contribution in [2.45, 2.75) is 0 Å². The number of anilines is 1. The summed E-state index contributed by atoms with van der Waals surface area (Å²) in [5.41, 5.74) is 4.04. The standard InChI is InChI=1S/C23H16Cl2N4O2/c24-16-11-8-15(9-12-16)10-13-21-27-20-7-2-1-6-19(20)22(30)29(21)28-23(31)26-18-5-3-4-17(25)14-18/h1-14H,(H2,26,28,31)/b13-10+. The average Bonchev–Trinajstić information content (AvgIpc) is 2.76. The molecule has 0 aliphatic carbocycles. The molecular weight excluding hydrogens is 435 g/mol. The Morgan fingerprint density at radius 2 is 1.68 bits per heavy atom. The maximum absolute atomic E-state index is 13.1. The van der Waals surface area contributed by atoms with Crippen LogP contribution >= 0.6 is 23.2 Å². The third-order valence-electron chi connectivity index (χ3n) is 4.39. The summed E-state index contributed by atoms with van der Waals surface area (Å²) in [6, 6.07) is 20.2. The van der Waals surface area contributed by atoms with Gasteiger partial charge in [-0.2, -0.15) is 4.68 Å². The Hall–Kier alpha value is -3.61. The minimum absolute atomic E-state index is 0.264. The summed E-state index contributed by atoms with van der Waals surface area (Å²) in [4.78, 5) is 30.1. The predicted octanol–water partition coefficient (Wildman–Crippen LogP) is 5.65. The second kappa shape index (κ2) is 9.04. The fourth-order valence-electron chi connectivity index (χ4n) is 2.94. The molecule has 0 spiro atoms. The fourth-order valence-corrected chi connectivity index (χ4v) is 3.26. The third kappa shape index (κ3) is 4.94. The van der Waals surface area contributed by atoms with E-state index in [9.17, 15) is 9.59 Å². The second-order valence-electron chi connectivity index (χ2n) is 6.59. The molecule has 0 unspecified atom stereocenters. The molecule has 2 amide bonds. The summed E-state index contributed by atoms with van der Waals surface area (Å²) in [6.07, 6.45) is 3.43. The Balaban J connectivity index is 1.70. The van der Waals surface area contributed by atoms with Crippen molar-refractivity contribution < 1.29 is 4.79 Å². The molecular formula is C23H16Cl2N4O2. The summed E-state index contributed by atoms with van der Waals surface area (Å²) in [5.74, 6) is 0.264. The van der Waals surface area contributed by atoms with E-state index in [1.807, 2.05) is 12.1 Å². The van der Waals surface area contributed by atoms with E-state index in [1.165, 1.54) is 0 Å². The van der Waals surface area contributed by atoms with Crippen LogP contribution in [0.1, 0.15) is 11.4 Å². The fraction of sp³-hybridized carbons (Fsp3) is 0. The van der Waals surface area contributed by atoms with Gasteiger partial charge in [0.25, 0.3) is 5.56 Å². The number of hydrogen-bond acceptors (Lipinski definition) is 3. The van der Waals surface area contributed by atoms with E-state index in [4.69, 9.17) is 23.2 Å². The third-order valence-corrected chi connectivity index (χ3v) is 4.88. The zero-order valence-electron chi connectivity index (χ0n) is 16.0. The first-order valence-corrected chi connectivity index (χ1v) is 10.0. The Morgan fingerprint density at radius 3 is 2.45 bits per heavy atom. The highest BCUT2D eigenvalue weighted by atomic mass is 35.5. The number of nitrogens with one attached hydrogen (secondary N) is 2. The van der Waals surface area contributed by atoms with Crippen LogP contribution in [0.15, 0.2) is 77.6 Å². The van der Waals surface area contributed by atoms with Crippen molar-refractivity contribution in [2.75, 3.05) is 10.7 Å². The lowest BCUT2D eigenvalue weighted by Crippen LogP contribution is -2.37. The van der Waals surface area contributed by atoms with Gasteiger partial charge in [0.05, 0.1) is 10.9 Å². The molecule has 0 fully saturated rings. The van der Waals surface area contributed by atoms with Crippen LogP contribution in [0.5, 0.6) is 0 Å². The summed E-state index contributed by atoms with van der Waals surface area (Å²) >= 11 is 11.9. The number of fused-ring (bicyclic) bond motifs is 1. The SMILES string of the molecule is O=C(Nc1cccc(Cl)c1)Nn1c(/C=C/c2ccc(Cl)cc2)nc2ccccc2c1=O. The molecule has 6 nitrogen and oxygen atoms in total. The predicted molar refractivity (Wildman–Crippen MR) is 126 cm³/mol. The van der Waals surface area contributed by atoms with E-state index in [0.29, 0.717) is 26.6 Å². The lowest BCUT2D eigenvalue weighted by molar-refractivity contribution is 0.259. The van der Waals surface area contributed by atoms with Gasteiger partial charge >= 0.3 is 6.03 Å². The molecule has 0 saturated carbocycles. The molecule has 154 valence electrons. The first kappa shape index (κ1) is 20.7. The van der Waals surface area contributed by atoms with Crippen LogP contribution in [0.2, 0.25) is 10.0 Å². The molecule has 0 aliphatic rings. The Morgan fingerprint density at radius 1 is 0.903 bits per heavy atom. The number of amides is 2. The maximum Gasteiger partial charge on any atom is 0.338 e. The zero-order valence-corrected chi connectivity index (χ0v) is 17.6. The van der Waals surface area contributed by atoms with Gasteiger partial charge in [-0.05, 0) is 54.1 Å². The summed E-state index contributed by atoms with van der Waals surface area (Å²) < 4.78 is 1.11. The minimum atomic E-state index is -0.609. The highest BCUT2D eigenvalue weighted by molar-refractivity contribution is 6.31. The Kier molecular flexibility index (Phi) is 6.02. The largest absolute Gasteiger partial charge is 0.338 e. The van der Waals surface area contributed by atoms with Crippen LogP contribution in [0.3, 0.4) is 0 Å². The van der Waals surface area contributed by atoms with E-state index in [1.54, 1.807) is 72.8 Å². The number of hydrogen-bond donors (Lipinski definition) is 2. The number of halogens is 2. The van der Waals surface area contributed by atoms with Crippen molar-refractivity contribution in [3.8, 4) is 0 Å². The number of carbonyl (C=O) groups is 1. The summed E-state index contributed by atoms with van der Waals surface area (Å²) in [7, 11) is 0. The van der Waals surface area contributed by atoms with E-state index in [-0.39, 0.29) is 5.82 Å². The van der Waals surface area contributed by atoms with Crippen molar-refractivity contribution in [1.29, 1.82) is 0 Å². The second-order valence-corrected chi connectivity index (χ2v) is 7.46. The van der Waals surface area contributed by atoms with Gasteiger partial charge in [0, 0.05) is 15.7 Å². The van der Waals surface area contributed by atoms with Crippen LogP contribution in [0.25, 0.3) is 23.1 Å². The van der Waals surface area contributed by atoms with Crippen LogP contribution in [0, 0.1) is 0 Å². The van der Waals surface area contributed by atoms with Crippen molar-refractivity contribution >= 4 is 58.0 Å². The van der Waals surface area contributed by atoms with Gasteiger partial charge in [0.1, 0.15) is 0 Å². The number of nitrogens with zero attached hydrogens (tertiary/aromatic N) is 2. The summed E-state index contributed by atoms with van der Waals surface area (Å²) in [5, 5.41) is 4.14. The first-order chi connectivity index (χ1) is 15.0. The van der Waals surface area contributed by atoms with E-state index < -0.39 is 11.6 Å². The number of aromatic nitrogens is 2. The summed E-state index contributed by atoms with van der Waals surface area (Å²) in [6.45, 7) is 0. The van der Waals surface area contributed by atoms with Crippen molar-refractivity contribution in [1.82, 2.24) is 9.66 Å². The number of carbonyl (C=O) groups excluding carboxylic acids is 1. The van der Waals surface area contributed by atoms with Crippen LogP contribution in [-0.2, 0) is 0 Å². The Labute approximate surface area is 187 Å². The highest BCUT2D eigenvalue weighted by Gasteiger charge is 2.12. The smallest absolute Gasteiger partial charge is 0.307 e. The van der Waals surface area contributed by atoms with Gasteiger partial charge in [-0.15, -0.1) is 0 Å². The molecule has 31 heavy (non-hydrogen) atoms. The molecule has 3 aromatic carbocycles. The van der Waals surface area contributed by atoms with Gasteiger partial charge in [-0.1, -0.05) is 59.6 Å². The van der Waals surface area contributed by atoms with Crippen LogP contribution in [-0.4, -0.2) is 15.7 Å². The van der Waals surface area contributed by atoms with Gasteiger partial charge in [-0.25, -0.2) is 15.2 Å². The van der Waals surface area contributed by atoms with Gasteiger partial charge < -0.3 is 5.32 Å². The number of urea groups is 1. The molecule has 2 N–H and O–H groups in total. The number of rotatable bonds is 4. The molecule has 1 aromatic heterocycles. The van der Waals surface area contributed by atoms with E-state index in [0.717, 1.165) is 10.2 Å². The van der Waals surface area contributed by atoms with Crippen molar-refractivity contribution in [2.24, 2.45) is 0 Å². The monoisotopic (exact) mass is 450 g/mol. The zero-order chi connectivity index (χ0) is 21.8. The van der Waals surface area contributed by atoms with Crippen molar-refractivity contribution in [3.63, 3.8) is 0 Å². The van der Waals surface area contributed by atoms with Gasteiger partial charge in [0.2, 0.25) is 0 Å². The van der Waals surface area contributed by atoms with Gasteiger partial charge in [-0.3, -0.25) is 4.79 Å². The molecule has 8 heteroatoms. The Bertz CT molecular complexity index is 1350. The molecule has 0 aliphatic heterocycles. The normalized spacial score (nSPS) is 11.0. The molecule has 4 rings (SSSR count). The molecule has 0 atom stereocenters. The maximum atomic E-state index is 13.1. The van der Waals surface area contributed by atoms with Crippen LogP contribution < -0.4 is 16.3 Å². The van der Waals surface area contributed by atoms with Crippen molar-refractivity contribution in [3.05, 3.63) is 105 Å². The highest BCUT2D eigenvalue weighted by Crippen LogP contribution is 2.16. The molecule has 0 saturated heterocycles. The first-order valence-electron chi connectivity index (χ1n) is 9.29. The molecule has 0 radical (unpaired) electrons. The number of para-hydroxylation sites is 1. The topological polar surface area (TPSA) is 76.0 Å². The lowest BCUT2D eigenvalue weighted by atomic mass is 10.2. The van der Waals surface area contributed by atoms with E-state index in [2.05, 4.69) is 15.7 Å². The molecule has 1 heterocycles. The quantitative estimate of drug-likeness (QED) is 0.421. The van der Waals surface area contributed by atoms with Gasteiger partial charge in [0.15, 0.2) is 5.82 Å². The minimum Gasteiger partial charge on any atom is -0.307 e. The average molecular weight is 451 g/mol. The lowest BCUT2D eigenvalue weighted by Gasteiger charge is -2.13. The van der Waals surface area contributed by atoms with E-state index >= 15 is 0 Å². The number of benzene rings is 3. The molecule has 0 bridgehead atoms. The van der Waals surface area contributed by atoms with Crippen LogP contribution in [0.4, 0.5) is 10.5 Å².